The highest BCUT2D eigenvalue weighted by molar-refractivity contribution is 6.20. The molecule has 240 valence electrons. The molecule has 0 atom stereocenters. The summed E-state index contributed by atoms with van der Waals surface area (Å²) in [5.74, 6) is 0. The molecule has 3 heterocycles. The van der Waals surface area contributed by atoms with Crippen LogP contribution < -0.4 is 0 Å². The molecule has 0 N–H and O–H groups in total. The molecule has 8 aromatic carbocycles. The molecular weight excluding hydrogens is 631 g/mol. The van der Waals surface area contributed by atoms with Crippen LogP contribution in [0.2, 0.25) is 0 Å². The van der Waals surface area contributed by atoms with Crippen LogP contribution in [0.4, 0.5) is 0 Å². The fourth-order valence-electron chi connectivity index (χ4n) is 9.03. The Morgan fingerprint density at radius 2 is 1.06 bits per heavy atom. The molecule has 3 aromatic heterocycles. The molecule has 12 rings (SSSR count). The molecule has 0 aliphatic heterocycles. The van der Waals surface area contributed by atoms with E-state index in [0.29, 0.717) is 0 Å². The highest BCUT2D eigenvalue weighted by Gasteiger charge is 2.24. The predicted octanol–water partition coefficient (Wildman–Crippen LogP) is 12.9. The number of fused-ring (bicyclic) bond motifs is 11. The highest BCUT2D eigenvalue weighted by atomic mass is 15.0. The number of pyridine rings is 1. The van der Waals surface area contributed by atoms with E-state index in [-0.39, 0.29) is 0 Å². The summed E-state index contributed by atoms with van der Waals surface area (Å²) in [6, 6.07) is 62.3. The predicted molar refractivity (Wildman–Crippen MR) is 218 cm³/mol. The number of aromatic nitrogens is 3. The number of benzene rings is 8. The zero-order chi connectivity index (χ0) is 33.9. The Hall–Kier alpha value is -6.97. The van der Waals surface area contributed by atoms with Gasteiger partial charge >= 0.3 is 0 Å². The first-order valence-corrected chi connectivity index (χ1v) is 17.9. The van der Waals surface area contributed by atoms with Crippen molar-refractivity contribution in [1.82, 2.24) is 14.1 Å². The van der Waals surface area contributed by atoms with Gasteiger partial charge in [-0.05, 0) is 93.5 Å². The summed E-state index contributed by atoms with van der Waals surface area (Å²) in [6.45, 7) is 0. The number of nitrogens with zero attached hydrogens (tertiary/aromatic N) is 3. The third-order valence-electron chi connectivity index (χ3n) is 11.2. The Morgan fingerprint density at radius 1 is 0.365 bits per heavy atom. The van der Waals surface area contributed by atoms with Gasteiger partial charge < -0.3 is 9.13 Å². The van der Waals surface area contributed by atoms with E-state index in [1.165, 1.54) is 98.7 Å². The minimum absolute atomic E-state index is 1.06. The number of hydrogen-bond donors (Lipinski definition) is 0. The van der Waals surface area contributed by atoms with E-state index in [9.17, 15) is 0 Å². The molecule has 52 heavy (non-hydrogen) atoms. The molecule has 3 nitrogen and oxygen atoms in total. The van der Waals surface area contributed by atoms with Gasteiger partial charge in [-0.15, -0.1) is 0 Å². The maximum Gasteiger partial charge on any atom is 0.0787 e. The maximum absolute atomic E-state index is 4.89. The third kappa shape index (κ3) is 3.72. The van der Waals surface area contributed by atoms with Gasteiger partial charge in [0.05, 0.1) is 27.8 Å². The quantitative estimate of drug-likeness (QED) is 0.185. The lowest BCUT2D eigenvalue weighted by molar-refractivity contribution is 1.18. The van der Waals surface area contributed by atoms with Crippen molar-refractivity contribution in [3.05, 3.63) is 176 Å². The zero-order valence-corrected chi connectivity index (χ0v) is 28.1. The van der Waals surface area contributed by atoms with E-state index in [1.54, 1.807) is 0 Å². The first-order valence-electron chi connectivity index (χ1n) is 17.9. The van der Waals surface area contributed by atoms with Crippen molar-refractivity contribution in [2.24, 2.45) is 0 Å². The standard InChI is InChI=1S/C49H29N3/c1-2-12-34(13-3-1)51-44-18-7-6-15-37(44)41-27-31(20-23-45(41)51)32-21-24-46-42(28-32)40-22-19-30-10-4-5-14-36(30)49(40)52(46)35-26-33-11-8-16-38-39-17-9-25-50-48(39)43(29-35)47(33)38/h1-29H. The molecule has 0 saturated carbocycles. The summed E-state index contributed by atoms with van der Waals surface area (Å²) in [5.41, 5.74) is 14.3. The van der Waals surface area contributed by atoms with Crippen LogP contribution in [0.15, 0.2) is 176 Å². The van der Waals surface area contributed by atoms with Gasteiger partial charge in [-0.3, -0.25) is 4.98 Å². The van der Waals surface area contributed by atoms with Crippen molar-refractivity contribution < 1.29 is 0 Å². The summed E-state index contributed by atoms with van der Waals surface area (Å²) in [7, 11) is 0. The molecule has 11 aromatic rings. The largest absolute Gasteiger partial charge is 0.309 e. The SMILES string of the molecule is c1ccc(-n2c3ccccc3c3cc(-c4ccc5c(c4)c4ccc6ccccc6c4n5-c4cc5c6c(cccc6c4)-c4cccnc4-5)ccc32)cc1. The summed E-state index contributed by atoms with van der Waals surface area (Å²) in [5, 5.41) is 10.0. The van der Waals surface area contributed by atoms with E-state index < -0.39 is 0 Å². The van der Waals surface area contributed by atoms with Gasteiger partial charge in [-0.1, -0.05) is 109 Å². The lowest BCUT2D eigenvalue weighted by atomic mass is 10.00. The van der Waals surface area contributed by atoms with Crippen LogP contribution in [0.3, 0.4) is 0 Å². The Morgan fingerprint density at radius 3 is 1.92 bits per heavy atom. The van der Waals surface area contributed by atoms with E-state index in [0.717, 1.165) is 11.4 Å². The van der Waals surface area contributed by atoms with Gasteiger partial charge in [0.15, 0.2) is 0 Å². The topological polar surface area (TPSA) is 22.8 Å². The van der Waals surface area contributed by atoms with Crippen molar-refractivity contribution in [2.75, 3.05) is 0 Å². The molecular formula is C49H29N3. The second-order valence-corrected chi connectivity index (χ2v) is 14.0. The molecule has 0 amide bonds. The van der Waals surface area contributed by atoms with Crippen LogP contribution in [-0.2, 0) is 0 Å². The first-order chi connectivity index (χ1) is 25.8. The molecule has 0 bridgehead atoms. The van der Waals surface area contributed by atoms with Crippen molar-refractivity contribution in [1.29, 1.82) is 0 Å². The van der Waals surface area contributed by atoms with Crippen LogP contribution in [-0.4, -0.2) is 14.1 Å². The Labute approximate surface area is 299 Å². The van der Waals surface area contributed by atoms with Gasteiger partial charge in [0.2, 0.25) is 0 Å². The normalized spacial score (nSPS) is 12.2. The van der Waals surface area contributed by atoms with Crippen LogP contribution in [0, 0.1) is 0 Å². The maximum atomic E-state index is 4.89. The summed E-state index contributed by atoms with van der Waals surface area (Å²) >= 11 is 0. The highest BCUT2D eigenvalue weighted by Crippen LogP contribution is 2.48. The lowest BCUT2D eigenvalue weighted by Crippen LogP contribution is -1.96. The molecule has 0 unspecified atom stereocenters. The second kappa shape index (κ2) is 10.3. The van der Waals surface area contributed by atoms with Crippen LogP contribution in [0.5, 0.6) is 0 Å². The van der Waals surface area contributed by atoms with E-state index in [4.69, 9.17) is 4.98 Å². The van der Waals surface area contributed by atoms with Gasteiger partial charge in [-0.25, -0.2) is 0 Å². The fraction of sp³-hybridized carbons (Fsp3) is 0. The average Bonchev–Trinajstić information content (AvgIpc) is 3.84. The zero-order valence-electron chi connectivity index (χ0n) is 28.1. The summed E-state index contributed by atoms with van der Waals surface area (Å²) < 4.78 is 4.86. The van der Waals surface area contributed by atoms with Crippen LogP contribution >= 0.6 is 0 Å². The van der Waals surface area contributed by atoms with Gasteiger partial charge in [0.25, 0.3) is 0 Å². The van der Waals surface area contributed by atoms with Gasteiger partial charge in [-0.2, -0.15) is 0 Å². The number of rotatable bonds is 3. The summed E-state index contributed by atoms with van der Waals surface area (Å²) in [4.78, 5) is 4.89. The Balaban J connectivity index is 1.12. The number of hydrogen-bond acceptors (Lipinski definition) is 1. The molecule has 3 heteroatoms. The molecule has 0 saturated heterocycles. The molecule has 0 radical (unpaired) electrons. The Bertz CT molecular complexity index is 3290. The smallest absolute Gasteiger partial charge is 0.0787 e. The Kier molecular flexibility index (Phi) is 5.50. The lowest BCUT2D eigenvalue weighted by Gasteiger charge is -2.13. The van der Waals surface area contributed by atoms with E-state index >= 15 is 0 Å². The van der Waals surface area contributed by atoms with E-state index in [1.807, 2.05) is 12.3 Å². The monoisotopic (exact) mass is 659 g/mol. The fourth-order valence-corrected chi connectivity index (χ4v) is 9.03. The van der Waals surface area contributed by atoms with Crippen molar-refractivity contribution in [2.45, 2.75) is 0 Å². The van der Waals surface area contributed by atoms with Crippen molar-refractivity contribution in [3.63, 3.8) is 0 Å². The van der Waals surface area contributed by atoms with Crippen molar-refractivity contribution in [3.8, 4) is 44.9 Å². The third-order valence-corrected chi connectivity index (χ3v) is 11.2. The average molecular weight is 660 g/mol. The summed E-state index contributed by atoms with van der Waals surface area (Å²) in [6.07, 6.45) is 1.91. The minimum atomic E-state index is 1.06. The van der Waals surface area contributed by atoms with Gasteiger partial charge in [0, 0.05) is 55.6 Å². The molecule has 1 aliphatic rings. The molecule has 1 aliphatic carbocycles. The molecule has 0 spiro atoms. The van der Waals surface area contributed by atoms with Crippen LogP contribution in [0.1, 0.15) is 0 Å². The van der Waals surface area contributed by atoms with Crippen molar-refractivity contribution >= 4 is 65.2 Å². The second-order valence-electron chi connectivity index (χ2n) is 14.0. The van der Waals surface area contributed by atoms with E-state index in [2.05, 4.69) is 173 Å². The number of para-hydroxylation sites is 2. The molecule has 0 fully saturated rings. The van der Waals surface area contributed by atoms with Gasteiger partial charge in [0.1, 0.15) is 0 Å². The van der Waals surface area contributed by atoms with Crippen LogP contribution in [0.25, 0.3) is 110 Å². The first kappa shape index (κ1) is 27.8. The minimum Gasteiger partial charge on any atom is -0.309 e.